The largest absolute Gasteiger partial charge is 0.480 e. The van der Waals surface area contributed by atoms with E-state index in [9.17, 15) is 14.7 Å². The lowest BCUT2D eigenvalue weighted by Crippen LogP contribution is -2.47. The third kappa shape index (κ3) is 3.75. The number of H-pyrrole nitrogens is 1. The number of carboxylic acids is 1. The minimum Gasteiger partial charge on any atom is -0.480 e. The van der Waals surface area contributed by atoms with E-state index in [4.69, 9.17) is 5.11 Å². The maximum atomic E-state index is 11.8. The summed E-state index contributed by atoms with van der Waals surface area (Å²) in [6.07, 6.45) is -1.22. The van der Waals surface area contributed by atoms with Crippen molar-refractivity contribution < 1.29 is 19.8 Å². The smallest absolute Gasteiger partial charge is 0.328 e. The fourth-order valence-electron chi connectivity index (χ4n) is 1.29. The maximum absolute atomic E-state index is 11.8. The molecule has 8 nitrogen and oxygen atoms in total. The molecule has 0 aromatic carbocycles. The lowest BCUT2D eigenvalue weighted by atomic mass is 9.96. The van der Waals surface area contributed by atoms with E-state index in [2.05, 4.69) is 20.5 Å². The van der Waals surface area contributed by atoms with Gasteiger partial charge in [0, 0.05) is 5.41 Å². The van der Waals surface area contributed by atoms with Crippen molar-refractivity contribution in [3.05, 3.63) is 11.6 Å². The van der Waals surface area contributed by atoms with Gasteiger partial charge < -0.3 is 15.5 Å². The van der Waals surface area contributed by atoms with Crippen LogP contribution in [0.15, 0.2) is 0 Å². The molecule has 2 atom stereocenters. The quantitative estimate of drug-likeness (QED) is 0.593. The molecule has 0 aliphatic heterocycles. The van der Waals surface area contributed by atoms with Crippen LogP contribution >= 0.6 is 0 Å². The van der Waals surface area contributed by atoms with Gasteiger partial charge in [-0.25, -0.2) is 9.78 Å². The molecule has 1 aromatic rings. The highest BCUT2D eigenvalue weighted by Gasteiger charge is 2.28. The van der Waals surface area contributed by atoms with E-state index >= 15 is 0 Å². The molecule has 1 heterocycles. The summed E-state index contributed by atoms with van der Waals surface area (Å²) in [6, 6.07) is -1.40. The Bertz CT molecular complexity index is 475. The van der Waals surface area contributed by atoms with Gasteiger partial charge in [0.2, 0.25) is 5.82 Å². The van der Waals surface area contributed by atoms with Gasteiger partial charge in [-0.15, -0.1) is 5.10 Å². The minimum absolute atomic E-state index is 0.156. The number of amides is 1. The van der Waals surface area contributed by atoms with Crippen molar-refractivity contribution in [1.29, 1.82) is 0 Å². The van der Waals surface area contributed by atoms with Crippen LogP contribution in [0.5, 0.6) is 0 Å². The molecule has 19 heavy (non-hydrogen) atoms. The third-order valence-electron chi connectivity index (χ3n) is 2.43. The van der Waals surface area contributed by atoms with Crippen molar-refractivity contribution >= 4 is 11.9 Å². The lowest BCUT2D eigenvalue weighted by molar-refractivity contribution is -0.141. The van der Waals surface area contributed by atoms with Crippen LogP contribution in [-0.2, 0) is 10.2 Å². The number of rotatable bonds is 4. The first-order valence-electron chi connectivity index (χ1n) is 5.77. The number of aromatic nitrogens is 3. The van der Waals surface area contributed by atoms with E-state index in [1.807, 2.05) is 20.8 Å². The number of nitrogens with one attached hydrogen (secondary N) is 2. The van der Waals surface area contributed by atoms with Crippen molar-refractivity contribution in [1.82, 2.24) is 20.5 Å². The molecule has 106 valence electrons. The molecule has 4 N–H and O–H groups in total. The molecule has 0 radical (unpaired) electrons. The van der Waals surface area contributed by atoms with Gasteiger partial charge in [-0.1, -0.05) is 20.8 Å². The third-order valence-corrected chi connectivity index (χ3v) is 2.43. The Morgan fingerprint density at radius 1 is 1.37 bits per heavy atom. The van der Waals surface area contributed by atoms with E-state index in [-0.39, 0.29) is 11.2 Å². The minimum atomic E-state index is -1.40. The zero-order valence-corrected chi connectivity index (χ0v) is 11.3. The summed E-state index contributed by atoms with van der Waals surface area (Å²) in [5.41, 5.74) is -0.304. The van der Waals surface area contributed by atoms with Crippen LogP contribution in [0.3, 0.4) is 0 Å². The van der Waals surface area contributed by atoms with Crippen LogP contribution in [0.1, 0.15) is 44.1 Å². The molecule has 1 rings (SSSR count). The summed E-state index contributed by atoms with van der Waals surface area (Å²) in [7, 11) is 0. The van der Waals surface area contributed by atoms with Gasteiger partial charge >= 0.3 is 5.97 Å². The monoisotopic (exact) mass is 270 g/mol. The van der Waals surface area contributed by atoms with E-state index in [1.165, 1.54) is 6.92 Å². The van der Waals surface area contributed by atoms with Crippen molar-refractivity contribution in [2.24, 2.45) is 0 Å². The van der Waals surface area contributed by atoms with Crippen LogP contribution in [0, 0.1) is 0 Å². The highest BCUT2D eigenvalue weighted by Crippen LogP contribution is 2.17. The Labute approximate surface area is 110 Å². The summed E-state index contributed by atoms with van der Waals surface area (Å²) >= 11 is 0. The van der Waals surface area contributed by atoms with Gasteiger partial charge in [0.05, 0.1) is 6.10 Å². The zero-order valence-electron chi connectivity index (χ0n) is 11.3. The van der Waals surface area contributed by atoms with Crippen molar-refractivity contribution in [2.45, 2.75) is 45.3 Å². The van der Waals surface area contributed by atoms with Gasteiger partial charge in [-0.3, -0.25) is 9.89 Å². The zero-order chi connectivity index (χ0) is 14.8. The molecule has 0 saturated heterocycles. The summed E-state index contributed by atoms with van der Waals surface area (Å²) < 4.78 is 0. The van der Waals surface area contributed by atoms with E-state index in [1.54, 1.807) is 0 Å². The van der Waals surface area contributed by atoms with Crippen LogP contribution in [0.2, 0.25) is 0 Å². The lowest BCUT2D eigenvalue weighted by Gasteiger charge is -2.15. The molecule has 1 aromatic heterocycles. The average Bonchev–Trinajstić information content (AvgIpc) is 2.73. The first-order valence-corrected chi connectivity index (χ1v) is 5.77. The van der Waals surface area contributed by atoms with E-state index < -0.39 is 24.0 Å². The Morgan fingerprint density at radius 3 is 2.32 bits per heavy atom. The number of hydrogen-bond acceptors (Lipinski definition) is 5. The highest BCUT2D eigenvalue weighted by atomic mass is 16.4. The van der Waals surface area contributed by atoms with Gasteiger partial charge in [-0.2, -0.15) is 0 Å². The fourth-order valence-corrected chi connectivity index (χ4v) is 1.29. The molecule has 0 saturated carbocycles. The normalized spacial score (nSPS) is 14.8. The van der Waals surface area contributed by atoms with E-state index in [0.29, 0.717) is 5.82 Å². The fraction of sp³-hybridized carbons (Fsp3) is 0.636. The summed E-state index contributed by atoms with van der Waals surface area (Å²) in [5, 5.41) is 26.6. The molecule has 2 unspecified atom stereocenters. The van der Waals surface area contributed by atoms with Crippen LogP contribution in [0.4, 0.5) is 0 Å². The molecule has 1 amide bonds. The van der Waals surface area contributed by atoms with Crippen LogP contribution in [0.25, 0.3) is 0 Å². The molecule has 0 fully saturated rings. The number of aliphatic carboxylic acids is 1. The van der Waals surface area contributed by atoms with Gasteiger partial charge in [-0.05, 0) is 6.92 Å². The highest BCUT2D eigenvalue weighted by molar-refractivity contribution is 5.93. The van der Waals surface area contributed by atoms with Crippen molar-refractivity contribution in [3.63, 3.8) is 0 Å². The summed E-state index contributed by atoms with van der Waals surface area (Å²) in [4.78, 5) is 26.6. The number of carbonyl (C=O) groups excluding carboxylic acids is 1. The van der Waals surface area contributed by atoms with Crippen LogP contribution < -0.4 is 5.32 Å². The predicted molar refractivity (Wildman–Crippen MR) is 65.7 cm³/mol. The second-order valence-corrected chi connectivity index (χ2v) is 5.29. The average molecular weight is 270 g/mol. The molecular weight excluding hydrogens is 252 g/mol. The Balaban J connectivity index is 2.84. The topological polar surface area (TPSA) is 128 Å². The number of hydrogen-bond donors (Lipinski definition) is 4. The number of aliphatic hydroxyl groups is 1. The van der Waals surface area contributed by atoms with Crippen molar-refractivity contribution in [2.75, 3.05) is 0 Å². The Morgan fingerprint density at radius 2 is 1.95 bits per heavy atom. The van der Waals surface area contributed by atoms with Crippen LogP contribution in [-0.4, -0.2) is 49.4 Å². The number of carboxylic acid groups (broad SMARTS) is 1. The number of aliphatic hydroxyl groups excluding tert-OH is 1. The molecule has 8 heteroatoms. The molecule has 0 bridgehead atoms. The molecular formula is C11H18N4O4. The summed E-state index contributed by atoms with van der Waals surface area (Å²) in [6.45, 7) is 6.96. The summed E-state index contributed by atoms with van der Waals surface area (Å²) in [5.74, 6) is -1.71. The maximum Gasteiger partial charge on any atom is 0.328 e. The van der Waals surface area contributed by atoms with E-state index in [0.717, 1.165) is 0 Å². The van der Waals surface area contributed by atoms with Gasteiger partial charge in [0.1, 0.15) is 5.82 Å². The van der Waals surface area contributed by atoms with Crippen molar-refractivity contribution in [3.8, 4) is 0 Å². The number of aromatic amines is 1. The Kier molecular flexibility index (Phi) is 4.25. The predicted octanol–water partition coefficient (Wildman–Crippen LogP) is -0.334. The first kappa shape index (κ1) is 15.1. The molecule has 0 aliphatic rings. The molecule has 0 spiro atoms. The number of nitrogens with zero attached hydrogens (tertiary/aromatic N) is 2. The number of carbonyl (C=O) groups is 2. The van der Waals surface area contributed by atoms with Gasteiger partial charge in [0.25, 0.3) is 5.91 Å². The first-order chi connectivity index (χ1) is 8.62. The standard InChI is InChI=1S/C11H18N4O4/c1-5(16)6(9(18)19)12-8(17)7-13-10(15-14-7)11(2,3)4/h5-6,16H,1-4H3,(H,12,17)(H,18,19)(H,13,14,15). The molecule has 0 aliphatic carbocycles. The Hall–Kier alpha value is -1.96. The van der Waals surface area contributed by atoms with Gasteiger partial charge in [0.15, 0.2) is 6.04 Å². The SMILES string of the molecule is CC(O)C(NC(=O)c1n[nH]c(C(C)(C)C)n1)C(=O)O. The second-order valence-electron chi connectivity index (χ2n) is 5.29. The second kappa shape index (κ2) is 5.35.